The first kappa shape index (κ1) is 12.1. The Morgan fingerprint density at radius 3 is 2.76 bits per heavy atom. The van der Waals surface area contributed by atoms with Gasteiger partial charge in [-0.25, -0.2) is 0 Å². The molecule has 0 saturated heterocycles. The summed E-state index contributed by atoms with van der Waals surface area (Å²) in [7, 11) is 0. The van der Waals surface area contributed by atoms with Crippen LogP contribution in [-0.4, -0.2) is 23.1 Å². The first-order valence-corrected chi connectivity index (χ1v) is 6.05. The average molecular weight is 251 g/mol. The van der Waals surface area contributed by atoms with Crippen LogP contribution in [0, 0.1) is 0 Å². The van der Waals surface area contributed by atoms with Crippen molar-refractivity contribution in [3.8, 4) is 0 Å². The number of carbonyl (C=O) groups is 1. The van der Waals surface area contributed by atoms with E-state index in [2.05, 4.69) is 4.99 Å². The molecule has 1 aliphatic rings. The second kappa shape index (κ2) is 4.49. The van der Waals surface area contributed by atoms with Gasteiger partial charge in [0, 0.05) is 24.4 Å². The smallest absolute Gasteiger partial charge is 0.256 e. The highest BCUT2D eigenvalue weighted by molar-refractivity contribution is 6.34. The standard InChI is InChI=1S/C13H15ClN2O/c1-4-15-11-6-5-10(14)12-9(11)7-16(8(2)3)13(12)17/h4-6,8H,7H2,1-3H3/b15-4+. The van der Waals surface area contributed by atoms with Crippen LogP contribution in [0.15, 0.2) is 17.1 Å². The lowest BCUT2D eigenvalue weighted by Crippen LogP contribution is -2.30. The van der Waals surface area contributed by atoms with Crippen LogP contribution in [-0.2, 0) is 6.54 Å². The lowest BCUT2D eigenvalue weighted by atomic mass is 10.1. The normalized spacial score (nSPS) is 15.1. The fourth-order valence-corrected chi connectivity index (χ4v) is 2.32. The monoisotopic (exact) mass is 250 g/mol. The molecule has 0 saturated carbocycles. The Morgan fingerprint density at radius 2 is 2.18 bits per heavy atom. The third-order valence-electron chi connectivity index (χ3n) is 2.93. The highest BCUT2D eigenvalue weighted by Gasteiger charge is 2.32. The van der Waals surface area contributed by atoms with E-state index < -0.39 is 0 Å². The summed E-state index contributed by atoms with van der Waals surface area (Å²) in [5, 5.41) is 0.517. The molecule has 1 aromatic carbocycles. The maximum atomic E-state index is 12.2. The van der Waals surface area contributed by atoms with Crippen molar-refractivity contribution in [3.05, 3.63) is 28.3 Å². The summed E-state index contributed by atoms with van der Waals surface area (Å²) in [6, 6.07) is 3.77. The maximum absolute atomic E-state index is 12.2. The largest absolute Gasteiger partial charge is 0.332 e. The Bertz CT molecular complexity index is 494. The Kier molecular flexibility index (Phi) is 3.20. The Labute approximate surface area is 106 Å². The highest BCUT2D eigenvalue weighted by atomic mass is 35.5. The summed E-state index contributed by atoms with van der Waals surface area (Å²) < 4.78 is 0. The molecule has 0 aliphatic carbocycles. The molecule has 0 spiro atoms. The minimum atomic E-state index is 0.00755. The van der Waals surface area contributed by atoms with Gasteiger partial charge in [-0.05, 0) is 32.9 Å². The zero-order valence-electron chi connectivity index (χ0n) is 10.2. The number of rotatable bonds is 2. The molecule has 3 nitrogen and oxygen atoms in total. The van der Waals surface area contributed by atoms with Gasteiger partial charge < -0.3 is 4.90 Å². The predicted molar refractivity (Wildman–Crippen MR) is 70.3 cm³/mol. The minimum absolute atomic E-state index is 0.00755. The van der Waals surface area contributed by atoms with Crippen LogP contribution in [0.4, 0.5) is 5.69 Å². The zero-order chi connectivity index (χ0) is 12.6. The quantitative estimate of drug-likeness (QED) is 0.741. The van der Waals surface area contributed by atoms with E-state index in [4.69, 9.17) is 11.6 Å². The molecule has 0 atom stereocenters. The fraction of sp³-hybridized carbons (Fsp3) is 0.385. The van der Waals surface area contributed by atoms with E-state index in [9.17, 15) is 4.79 Å². The molecule has 0 N–H and O–H groups in total. The van der Waals surface area contributed by atoms with E-state index in [1.165, 1.54) is 0 Å². The molecule has 0 fully saturated rings. The van der Waals surface area contributed by atoms with E-state index in [-0.39, 0.29) is 11.9 Å². The third-order valence-corrected chi connectivity index (χ3v) is 3.25. The molecule has 0 radical (unpaired) electrons. The van der Waals surface area contributed by atoms with Crippen LogP contribution in [0.2, 0.25) is 5.02 Å². The van der Waals surface area contributed by atoms with Crippen LogP contribution >= 0.6 is 11.6 Å². The van der Waals surface area contributed by atoms with Crippen molar-refractivity contribution >= 4 is 29.4 Å². The minimum Gasteiger partial charge on any atom is -0.332 e. The molecule has 0 aromatic heterocycles. The van der Waals surface area contributed by atoms with Gasteiger partial charge in [-0.15, -0.1) is 0 Å². The third kappa shape index (κ3) is 1.95. The van der Waals surface area contributed by atoms with E-state index in [1.54, 1.807) is 12.3 Å². The summed E-state index contributed by atoms with van der Waals surface area (Å²) in [6.07, 6.45) is 1.73. The lowest BCUT2D eigenvalue weighted by molar-refractivity contribution is 0.0731. The molecule has 1 amide bonds. The summed E-state index contributed by atoms with van der Waals surface area (Å²) in [4.78, 5) is 18.3. The number of benzene rings is 1. The molecule has 1 aliphatic heterocycles. The molecule has 1 heterocycles. The summed E-state index contributed by atoms with van der Waals surface area (Å²) in [5.74, 6) is 0.00755. The van der Waals surface area contributed by atoms with Crippen molar-refractivity contribution in [2.45, 2.75) is 33.4 Å². The van der Waals surface area contributed by atoms with E-state index >= 15 is 0 Å². The van der Waals surface area contributed by atoms with Gasteiger partial charge in [0.15, 0.2) is 0 Å². The van der Waals surface area contributed by atoms with Gasteiger partial charge in [-0.3, -0.25) is 9.79 Å². The van der Waals surface area contributed by atoms with Crippen molar-refractivity contribution in [1.82, 2.24) is 4.90 Å². The van der Waals surface area contributed by atoms with Crippen molar-refractivity contribution in [2.24, 2.45) is 4.99 Å². The number of aliphatic imine (C=N–C) groups is 1. The van der Waals surface area contributed by atoms with Crippen LogP contribution in [0.5, 0.6) is 0 Å². The maximum Gasteiger partial charge on any atom is 0.256 e. The van der Waals surface area contributed by atoms with Gasteiger partial charge in [0.05, 0.1) is 16.3 Å². The first-order chi connectivity index (χ1) is 8.06. The van der Waals surface area contributed by atoms with Crippen LogP contribution in [0.25, 0.3) is 0 Å². The van der Waals surface area contributed by atoms with Gasteiger partial charge >= 0.3 is 0 Å². The molecule has 1 aromatic rings. The molecule has 17 heavy (non-hydrogen) atoms. The average Bonchev–Trinajstić information content (AvgIpc) is 2.62. The zero-order valence-corrected chi connectivity index (χ0v) is 11.0. The van der Waals surface area contributed by atoms with Crippen LogP contribution in [0.3, 0.4) is 0 Å². The number of halogens is 1. The first-order valence-electron chi connectivity index (χ1n) is 5.67. The highest BCUT2D eigenvalue weighted by Crippen LogP contribution is 2.36. The number of fused-ring (bicyclic) bond motifs is 1. The number of hydrogen-bond donors (Lipinski definition) is 0. The van der Waals surface area contributed by atoms with Gasteiger partial charge in [-0.1, -0.05) is 11.6 Å². The van der Waals surface area contributed by atoms with Crippen LogP contribution < -0.4 is 0 Å². The van der Waals surface area contributed by atoms with Gasteiger partial charge in [0.1, 0.15) is 0 Å². The SMILES string of the molecule is C/C=N/c1ccc(Cl)c2c1CN(C(C)C)C2=O. The Balaban J connectivity index is 2.55. The second-order valence-electron chi connectivity index (χ2n) is 4.33. The number of nitrogens with zero attached hydrogens (tertiary/aromatic N) is 2. The van der Waals surface area contributed by atoms with Crippen molar-refractivity contribution in [3.63, 3.8) is 0 Å². The summed E-state index contributed by atoms with van der Waals surface area (Å²) in [6.45, 7) is 6.46. The summed E-state index contributed by atoms with van der Waals surface area (Å²) in [5.41, 5.74) is 2.39. The number of hydrogen-bond acceptors (Lipinski definition) is 2. The molecule has 0 unspecified atom stereocenters. The lowest BCUT2D eigenvalue weighted by Gasteiger charge is -2.19. The van der Waals surface area contributed by atoms with E-state index in [1.807, 2.05) is 31.7 Å². The van der Waals surface area contributed by atoms with Crippen molar-refractivity contribution in [1.29, 1.82) is 0 Å². The Morgan fingerprint density at radius 1 is 1.47 bits per heavy atom. The van der Waals surface area contributed by atoms with E-state index in [0.29, 0.717) is 17.1 Å². The second-order valence-corrected chi connectivity index (χ2v) is 4.74. The molecular formula is C13H15ClN2O. The fourth-order valence-electron chi connectivity index (χ4n) is 2.06. The molecule has 2 rings (SSSR count). The topological polar surface area (TPSA) is 32.7 Å². The predicted octanol–water partition coefficient (Wildman–Crippen LogP) is 3.43. The molecule has 90 valence electrons. The Hall–Kier alpha value is -1.35. The molecule has 4 heteroatoms. The van der Waals surface area contributed by atoms with Crippen molar-refractivity contribution in [2.75, 3.05) is 0 Å². The molecule has 0 bridgehead atoms. The van der Waals surface area contributed by atoms with Crippen LogP contribution in [0.1, 0.15) is 36.7 Å². The van der Waals surface area contributed by atoms with Gasteiger partial charge in [-0.2, -0.15) is 0 Å². The summed E-state index contributed by atoms with van der Waals surface area (Å²) >= 11 is 6.11. The van der Waals surface area contributed by atoms with E-state index in [0.717, 1.165) is 11.3 Å². The van der Waals surface area contributed by atoms with Crippen molar-refractivity contribution < 1.29 is 4.79 Å². The number of carbonyl (C=O) groups excluding carboxylic acids is 1. The molecular weight excluding hydrogens is 236 g/mol. The number of amides is 1. The van der Waals surface area contributed by atoms with Gasteiger partial charge in [0.25, 0.3) is 5.91 Å². The van der Waals surface area contributed by atoms with Gasteiger partial charge in [0.2, 0.25) is 0 Å².